The van der Waals surface area contributed by atoms with Crippen molar-refractivity contribution in [2.75, 3.05) is 5.32 Å². The van der Waals surface area contributed by atoms with Gasteiger partial charge in [-0.05, 0) is 31.5 Å². The predicted octanol–water partition coefficient (Wildman–Crippen LogP) is 3.45. The molecule has 1 atom stereocenters. The van der Waals surface area contributed by atoms with E-state index in [1.807, 2.05) is 37.3 Å². The van der Waals surface area contributed by atoms with Gasteiger partial charge < -0.3 is 5.32 Å². The van der Waals surface area contributed by atoms with Gasteiger partial charge in [0.1, 0.15) is 0 Å². The Labute approximate surface area is 118 Å². The second-order valence-electron chi connectivity index (χ2n) is 4.81. The number of benzene rings is 2. The summed E-state index contributed by atoms with van der Waals surface area (Å²) in [6.45, 7) is 3.58. The monoisotopic (exact) mass is 267 g/mol. The lowest BCUT2D eigenvalue weighted by molar-refractivity contribution is -0.118. The second-order valence-corrected chi connectivity index (χ2v) is 4.81. The van der Waals surface area contributed by atoms with Crippen LogP contribution in [0.25, 0.3) is 0 Å². The highest BCUT2D eigenvalue weighted by atomic mass is 16.2. The van der Waals surface area contributed by atoms with Crippen molar-refractivity contribution in [1.29, 1.82) is 0 Å². The zero-order valence-corrected chi connectivity index (χ0v) is 11.6. The van der Waals surface area contributed by atoms with E-state index in [2.05, 4.69) is 5.32 Å². The standard InChI is InChI=1S/C17H17NO2/c1-12-7-6-10-15(11-12)18-17(20)13(2)16(19)14-8-4-3-5-9-14/h3-11,13H,1-2H3,(H,18,20)/t13-/m0/s1. The van der Waals surface area contributed by atoms with Gasteiger partial charge >= 0.3 is 0 Å². The van der Waals surface area contributed by atoms with Gasteiger partial charge in [-0.25, -0.2) is 0 Å². The minimum atomic E-state index is -0.710. The highest BCUT2D eigenvalue weighted by molar-refractivity contribution is 6.13. The Kier molecular flexibility index (Phi) is 4.31. The van der Waals surface area contributed by atoms with Gasteiger partial charge in [0, 0.05) is 11.3 Å². The van der Waals surface area contributed by atoms with Crippen LogP contribution < -0.4 is 5.32 Å². The molecule has 0 spiro atoms. The molecular formula is C17H17NO2. The topological polar surface area (TPSA) is 46.2 Å². The third-order valence-corrected chi connectivity index (χ3v) is 3.13. The van der Waals surface area contributed by atoms with Gasteiger partial charge in [-0.3, -0.25) is 9.59 Å². The van der Waals surface area contributed by atoms with Gasteiger partial charge in [-0.15, -0.1) is 0 Å². The van der Waals surface area contributed by atoms with Gasteiger partial charge in [0.05, 0.1) is 5.92 Å². The number of amides is 1. The van der Waals surface area contributed by atoms with Gasteiger partial charge in [-0.2, -0.15) is 0 Å². The maximum atomic E-state index is 12.2. The quantitative estimate of drug-likeness (QED) is 0.681. The number of aryl methyl sites for hydroxylation is 1. The van der Waals surface area contributed by atoms with Crippen LogP contribution in [0, 0.1) is 12.8 Å². The third kappa shape index (κ3) is 3.32. The van der Waals surface area contributed by atoms with Crippen LogP contribution in [0.1, 0.15) is 22.8 Å². The summed E-state index contributed by atoms with van der Waals surface area (Å²) in [6.07, 6.45) is 0. The highest BCUT2D eigenvalue weighted by Gasteiger charge is 2.22. The first-order chi connectivity index (χ1) is 9.58. The Hall–Kier alpha value is -2.42. The summed E-state index contributed by atoms with van der Waals surface area (Å²) in [5.74, 6) is -1.17. The van der Waals surface area contributed by atoms with Crippen LogP contribution in [0.2, 0.25) is 0 Å². The smallest absolute Gasteiger partial charge is 0.235 e. The molecule has 0 aliphatic carbocycles. The van der Waals surface area contributed by atoms with Crippen LogP contribution in [-0.2, 0) is 4.79 Å². The maximum absolute atomic E-state index is 12.2. The first-order valence-corrected chi connectivity index (χ1v) is 6.54. The molecule has 2 rings (SSSR count). The van der Waals surface area contributed by atoms with E-state index in [1.54, 1.807) is 31.2 Å². The lowest BCUT2D eigenvalue weighted by atomic mass is 9.98. The summed E-state index contributed by atoms with van der Waals surface area (Å²) in [4.78, 5) is 24.3. The van der Waals surface area contributed by atoms with E-state index in [4.69, 9.17) is 0 Å². The van der Waals surface area contributed by atoms with Crippen molar-refractivity contribution in [2.24, 2.45) is 5.92 Å². The van der Waals surface area contributed by atoms with E-state index >= 15 is 0 Å². The average Bonchev–Trinajstić information content (AvgIpc) is 2.46. The fourth-order valence-electron chi connectivity index (χ4n) is 1.94. The minimum absolute atomic E-state index is 0.171. The fourth-order valence-corrected chi connectivity index (χ4v) is 1.94. The summed E-state index contributed by atoms with van der Waals surface area (Å²) in [7, 11) is 0. The van der Waals surface area contributed by atoms with Crippen LogP contribution in [0.5, 0.6) is 0 Å². The van der Waals surface area contributed by atoms with Crippen LogP contribution in [0.15, 0.2) is 54.6 Å². The molecule has 102 valence electrons. The average molecular weight is 267 g/mol. The summed E-state index contributed by atoms with van der Waals surface area (Å²) >= 11 is 0. The molecule has 0 aliphatic heterocycles. The van der Waals surface area contributed by atoms with E-state index in [0.29, 0.717) is 11.3 Å². The fraction of sp³-hybridized carbons (Fsp3) is 0.176. The van der Waals surface area contributed by atoms with Gasteiger partial charge in [-0.1, -0.05) is 42.5 Å². The summed E-state index contributed by atoms with van der Waals surface area (Å²) in [5.41, 5.74) is 2.33. The van der Waals surface area contributed by atoms with Crippen molar-refractivity contribution < 1.29 is 9.59 Å². The van der Waals surface area contributed by atoms with Crippen molar-refractivity contribution in [3.8, 4) is 0 Å². The van der Waals surface area contributed by atoms with Crippen molar-refractivity contribution in [3.05, 3.63) is 65.7 Å². The molecule has 0 bridgehead atoms. The number of rotatable bonds is 4. The molecule has 20 heavy (non-hydrogen) atoms. The molecule has 0 saturated carbocycles. The lowest BCUT2D eigenvalue weighted by Crippen LogP contribution is -2.27. The molecule has 2 aromatic carbocycles. The van der Waals surface area contributed by atoms with Crippen LogP contribution >= 0.6 is 0 Å². The molecule has 2 aromatic rings. The zero-order valence-electron chi connectivity index (χ0n) is 11.6. The van der Waals surface area contributed by atoms with E-state index in [9.17, 15) is 9.59 Å². The van der Waals surface area contributed by atoms with Crippen molar-refractivity contribution in [2.45, 2.75) is 13.8 Å². The van der Waals surface area contributed by atoms with E-state index in [0.717, 1.165) is 5.56 Å². The van der Waals surface area contributed by atoms with Gasteiger partial charge in [0.15, 0.2) is 5.78 Å². The Balaban J connectivity index is 2.07. The SMILES string of the molecule is Cc1cccc(NC(=O)[C@@H](C)C(=O)c2ccccc2)c1. The number of ketones is 1. The first-order valence-electron chi connectivity index (χ1n) is 6.54. The van der Waals surface area contributed by atoms with E-state index < -0.39 is 5.92 Å². The molecule has 0 radical (unpaired) electrons. The maximum Gasteiger partial charge on any atom is 0.235 e. The molecule has 1 amide bonds. The molecule has 3 heteroatoms. The van der Waals surface area contributed by atoms with Crippen molar-refractivity contribution in [1.82, 2.24) is 0 Å². The van der Waals surface area contributed by atoms with E-state index in [-0.39, 0.29) is 11.7 Å². The number of carbonyl (C=O) groups is 2. The molecule has 0 aromatic heterocycles. The second kappa shape index (κ2) is 6.15. The Morgan fingerprint density at radius 3 is 2.35 bits per heavy atom. The Morgan fingerprint density at radius 2 is 1.70 bits per heavy atom. The van der Waals surface area contributed by atoms with Crippen LogP contribution in [0.4, 0.5) is 5.69 Å². The third-order valence-electron chi connectivity index (χ3n) is 3.13. The van der Waals surface area contributed by atoms with E-state index in [1.165, 1.54) is 0 Å². The summed E-state index contributed by atoms with van der Waals surface area (Å²) < 4.78 is 0. The number of nitrogens with one attached hydrogen (secondary N) is 1. The zero-order chi connectivity index (χ0) is 14.5. The van der Waals surface area contributed by atoms with Gasteiger partial charge in [0.25, 0.3) is 0 Å². The van der Waals surface area contributed by atoms with Crippen molar-refractivity contribution in [3.63, 3.8) is 0 Å². The molecule has 0 heterocycles. The molecule has 3 nitrogen and oxygen atoms in total. The number of hydrogen-bond donors (Lipinski definition) is 1. The number of carbonyl (C=O) groups excluding carboxylic acids is 2. The molecule has 1 N–H and O–H groups in total. The molecule has 0 aliphatic rings. The van der Waals surface area contributed by atoms with Crippen molar-refractivity contribution >= 4 is 17.4 Å². The number of Topliss-reactive ketones (excluding diaryl/α,β-unsaturated/α-hetero) is 1. The molecule has 0 unspecified atom stereocenters. The largest absolute Gasteiger partial charge is 0.325 e. The Bertz CT molecular complexity index is 620. The number of anilines is 1. The minimum Gasteiger partial charge on any atom is -0.325 e. The summed E-state index contributed by atoms with van der Waals surface area (Å²) in [5, 5.41) is 2.77. The molecule has 0 fully saturated rings. The normalized spacial score (nSPS) is 11.7. The Morgan fingerprint density at radius 1 is 1.00 bits per heavy atom. The summed E-state index contributed by atoms with van der Waals surface area (Å²) in [6, 6.07) is 16.4. The first kappa shape index (κ1) is 14.0. The predicted molar refractivity (Wildman–Crippen MR) is 79.7 cm³/mol. The molecule has 0 saturated heterocycles. The van der Waals surface area contributed by atoms with Crippen LogP contribution in [0.3, 0.4) is 0 Å². The molecular weight excluding hydrogens is 250 g/mol. The van der Waals surface area contributed by atoms with Crippen LogP contribution in [-0.4, -0.2) is 11.7 Å². The number of hydrogen-bond acceptors (Lipinski definition) is 2. The lowest BCUT2D eigenvalue weighted by Gasteiger charge is -2.11. The van der Waals surface area contributed by atoms with Gasteiger partial charge in [0.2, 0.25) is 5.91 Å². The highest BCUT2D eigenvalue weighted by Crippen LogP contribution is 2.14.